The van der Waals surface area contributed by atoms with Gasteiger partial charge in [-0.05, 0) is 25.8 Å². The van der Waals surface area contributed by atoms with Crippen LogP contribution in [0.2, 0.25) is 0 Å². The number of hydrazine groups is 1. The third-order valence-corrected chi connectivity index (χ3v) is 3.55. The average Bonchev–Trinajstić information content (AvgIpc) is 2.79. The molecule has 1 heterocycles. The van der Waals surface area contributed by atoms with E-state index >= 15 is 0 Å². The van der Waals surface area contributed by atoms with Gasteiger partial charge in [0.05, 0.1) is 18.8 Å². The molecule has 5 heteroatoms. The summed E-state index contributed by atoms with van der Waals surface area (Å²) in [7, 11) is 1.51. The van der Waals surface area contributed by atoms with Crippen LogP contribution < -0.4 is 16.0 Å². The SMILES string of the molecule is COc1ccc(C(NN)C2(C)CCCO2)c(F)c1. The molecule has 2 atom stereocenters. The van der Waals surface area contributed by atoms with Gasteiger partial charge in [-0.3, -0.25) is 5.84 Å². The zero-order valence-electron chi connectivity index (χ0n) is 10.7. The Balaban J connectivity index is 2.32. The molecule has 3 N–H and O–H groups in total. The van der Waals surface area contributed by atoms with Crippen LogP contribution in [0.1, 0.15) is 31.4 Å². The first-order chi connectivity index (χ1) is 8.60. The molecule has 4 nitrogen and oxygen atoms in total. The molecular weight excluding hydrogens is 235 g/mol. The van der Waals surface area contributed by atoms with Gasteiger partial charge >= 0.3 is 0 Å². The van der Waals surface area contributed by atoms with E-state index in [-0.39, 0.29) is 11.9 Å². The first-order valence-corrected chi connectivity index (χ1v) is 6.04. The number of hydrogen-bond donors (Lipinski definition) is 2. The molecule has 0 saturated carbocycles. The smallest absolute Gasteiger partial charge is 0.131 e. The highest BCUT2D eigenvalue weighted by Crippen LogP contribution is 2.38. The molecule has 1 fully saturated rings. The maximum absolute atomic E-state index is 14.1. The second kappa shape index (κ2) is 5.22. The van der Waals surface area contributed by atoms with Crippen molar-refractivity contribution in [3.63, 3.8) is 0 Å². The minimum Gasteiger partial charge on any atom is -0.497 e. The molecule has 1 aromatic rings. The fraction of sp³-hybridized carbons (Fsp3) is 0.538. The lowest BCUT2D eigenvalue weighted by atomic mass is 9.88. The molecule has 1 saturated heterocycles. The molecule has 1 aliphatic rings. The van der Waals surface area contributed by atoms with Crippen LogP contribution in [0.4, 0.5) is 4.39 Å². The van der Waals surface area contributed by atoms with Gasteiger partial charge in [0.15, 0.2) is 0 Å². The molecule has 1 aliphatic heterocycles. The molecule has 1 aromatic carbocycles. The van der Waals surface area contributed by atoms with Crippen molar-refractivity contribution < 1.29 is 13.9 Å². The summed E-state index contributed by atoms with van der Waals surface area (Å²) in [6, 6.07) is 4.40. The molecule has 0 radical (unpaired) electrons. The summed E-state index contributed by atoms with van der Waals surface area (Å²) in [6.07, 6.45) is 1.82. The third kappa shape index (κ3) is 2.34. The van der Waals surface area contributed by atoms with Crippen molar-refractivity contribution in [3.8, 4) is 5.75 Å². The standard InChI is InChI=1S/C13H19FN2O2/c1-13(6-3-7-18-13)12(16-15)10-5-4-9(17-2)8-11(10)14/h4-5,8,12,16H,3,6-7,15H2,1-2H3. The monoisotopic (exact) mass is 254 g/mol. The number of nitrogens with one attached hydrogen (secondary N) is 1. The van der Waals surface area contributed by atoms with E-state index in [1.54, 1.807) is 12.1 Å². The van der Waals surface area contributed by atoms with Gasteiger partial charge in [-0.25, -0.2) is 9.82 Å². The van der Waals surface area contributed by atoms with Gasteiger partial charge in [-0.15, -0.1) is 0 Å². The fourth-order valence-corrected chi connectivity index (χ4v) is 2.49. The van der Waals surface area contributed by atoms with Gasteiger partial charge in [-0.2, -0.15) is 0 Å². The summed E-state index contributed by atoms with van der Waals surface area (Å²) in [4.78, 5) is 0. The number of hydrogen-bond acceptors (Lipinski definition) is 4. The second-order valence-corrected chi connectivity index (χ2v) is 4.75. The molecule has 0 amide bonds. The molecular formula is C13H19FN2O2. The van der Waals surface area contributed by atoms with Crippen molar-refractivity contribution in [2.75, 3.05) is 13.7 Å². The lowest BCUT2D eigenvalue weighted by molar-refractivity contribution is -0.0134. The minimum atomic E-state index is -0.468. The van der Waals surface area contributed by atoms with Crippen LogP contribution in [0, 0.1) is 5.82 Å². The normalized spacial score (nSPS) is 25.1. The zero-order chi connectivity index (χ0) is 13.2. The topological polar surface area (TPSA) is 56.5 Å². The number of benzene rings is 1. The highest BCUT2D eigenvalue weighted by atomic mass is 19.1. The Morgan fingerprint density at radius 1 is 1.56 bits per heavy atom. The van der Waals surface area contributed by atoms with Crippen molar-refractivity contribution in [1.29, 1.82) is 0 Å². The van der Waals surface area contributed by atoms with Crippen LogP contribution in [0.15, 0.2) is 18.2 Å². The van der Waals surface area contributed by atoms with Gasteiger partial charge < -0.3 is 9.47 Å². The van der Waals surface area contributed by atoms with Crippen LogP contribution in [-0.4, -0.2) is 19.3 Å². The molecule has 0 bridgehead atoms. The van der Waals surface area contributed by atoms with Crippen LogP contribution in [0.5, 0.6) is 5.75 Å². The van der Waals surface area contributed by atoms with E-state index < -0.39 is 5.60 Å². The third-order valence-electron chi connectivity index (χ3n) is 3.55. The van der Waals surface area contributed by atoms with Crippen molar-refractivity contribution in [1.82, 2.24) is 5.43 Å². The molecule has 2 unspecified atom stereocenters. The molecule has 0 aliphatic carbocycles. The minimum absolute atomic E-state index is 0.339. The van der Waals surface area contributed by atoms with Crippen LogP contribution in [0.3, 0.4) is 0 Å². The van der Waals surface area contributed by atoms with Crippen LogP contribution in [-0.2, 0) is 4.74 Å². The van der Waals surface area contributed by atoms with E-state index in [2.05, 4.69) is 5.43 Å². The molecule has 100 valence electrons. The predicted octanol–water partition coefficient (Wildman–Crippen LogP) is 1.91. The highest BCUT2D eigenvalue weighted by molar-refractivity contribution is 5.32. The summed E-state index contributed by atoms with van der Waals surface area (Å²) >= 11 is 0. The Hall–Kier alpha value is -1.17. The van der Waals surface area contributed by atoms with E-state index in [1.165, 1.54) is 13.2 Å². The van der Waals surface area contributed by atoms with E-state index in [0.29, 0.717) is 17.9 Å². The van der Waals surface area contributed by atoms with Gasteiger partial charge in [0.1, 0.15) is 11.6 Å². The van der Waals surface area contributed by atoms with Crippen molar-refractivity contribution >= 4 is 0 Å². The van der Waals surface area contributed by atoms with Gasteiger partial charge in [-0.1, -0.05) is 6.07 Å². The second-order valence-electron chi connectivity index (χ2n) is 4.75. The van der Waals surface area contributed by atoms with Gasteiger partial charge in [0.2, 0.25) is 0 Å². The Morgan fingerprint density at radius 3 is 2.83 bits per heavy atom. The average molecular weight is 254 g/mol. The number of nitrogens with two attached hydrogens (primary N) is 1. The number of rotatable bonds is 4. The van der Waals surface area contributed by atoms with Gasteiger partial charge in [0, 0.05) is 18.2 Å². The number of halogens is 1. The maximum atomic E-state index is 14.1. The first-order valence-electron chi connectivity index (χ1n) is 6.04. The predicted molar refractivity (Wildman–Crippen MR) is 66.6 cm³/mol. The highest BCUT2D eigenvalue weighted by Gasteiger charge is 2.40. The summed E-state index contributed by atoms with van der Waals surface area (Å²) in [6.45, 7) is 2.64. The van der Waals surface area contributed by atoms with E-state index in [1.807, 2.05) is 6.92 Å². The summed E-state index contributed by atoms with van der Waals surface area (Å²) in [5, 5.41) is 0. The van der Waals surface area contributed by atoms with E-state index in [4.69, 9.17) is 15.3 Å². The molecule has 2 rings (SSSR count). The van der Waals surface area contributed by atoms with Gasteiger partial charge in [0.25, 0.3) is 0 Å². The molecule has 0 aromatic heterocycles. The van der Waals surface area contributed by atoms with E-state index in [9.17, 15) is 4.39 Å². The van der Waals surface area contributed by atoms with Crippen molar-refractivity contribution in [3.05, 3.63) is 29.6 Å². The summed E-state index contributed by atoms with van der Waals surface area (Å²) < 4.78 is 24.8. The Kier molecular flexibility index (Phi) is 3.85. The largest absolute Gasteiger partial charge is 0.497 e. The number of ether oxygens (including phenoxy) is 2. The zero-order valence-corrected chi connectivity index (χ0v) is 10.7. The van der Waals surface area contributed by atoms with E-state index in [0.717, 1.165) is 12.8 Å². The lowest BCUT2D eigenvalue weighted by Gasteiger charge is -2.33. The van der Waals surface area contributed by atoms with Crippen molar-refractivity contribution in [2.24, 2.45) is 5.84 Å². The Morgan fingerprint density at radius 2 is 2.33 bits per heavy atom. The Labute approximate surface area is 106 Å². The summed E-state index contributed by atoms with van der Waals surface area (Å²) in [5.41, 5.74) is 2.71. The first kappa shape index (κ1) is 13.3. The van der Waals surface area contributed by atoms with Crippen LogP contribution >= 0.6 is 0 Å². The Bertz CT molecular complexity index is 419. The number of methoxy groups -OCH3 is 1. The molecule has 18 heavy (non-hydrogen) atoms. The lowest BCUT2D eigenvalue weighted by Crippen LogP contribution is -2.44. The summed E-state index contributed by atoms with van der Waals surface area (Å²) in [5.74, 6) is 5.73. The van der Waals surface area contributed by atoms with Crippen LogP contribution in [0.25, 0.3) is 0 Å². The quantitative estimate of drug-likeness (QED) is 0.636. The fourth-order valence-electron chi connectivity index (χ4n) is 2.49. The maximum Gasteiger partial charge on any atom is 0.131 e. The molecule has 0 spiro atoms. The van der Waals surface area contributed by atoms with Crippen molar-refractivity contribution in [2.45, 2.75) is 31.4 Å².